The molecule has 2 N–H and O–H groups in total. The molecule has 0 spiro atoms. The molecule has 0 saturated carbocycles. The molecule has 1 atom stereocenters. The molecule has 8 heteroatoms. The van der Waals surface area contributed by atoms with Gasteiger partial charge in [0.2, 0.25) is 0 Å². The molecular formula is C18H18O7S. The van der Waals surface area contributed by atoms with Crippen molar-refractivity contribution in [1.82, 2.24) is 0 Å². The summed E-state index contributed by atoms with van der Waals surface area (Å²) in [5.74, 6) is -2.89. The molecule has 1 unspecified atom stereocenters. The van der Waals surface area contributed by atoms with Crippen molar-refractivity contribution in [2.75, 3.05) is 0 Å². The van der Waals surface area contributed by atoms with Crippen LogP contribution in [0.3, 0.4) is 0 Å². The van der Waals surface area contributed by atoms with Crippen molar-refractivity contribution in [2.24, 2.45) is 0 Å². The first-order valence-corrected chi connectivity index (χ1v) is 9.17. The summed E-state index contributed by atoms with van der Waals surface area (Å²) >= 11 is 0. The first-order chi connectivity index (χ1) is 12.1. The molecule has 0 bridgehead atoms. The molecule has 2 aromatic carbocycles. The number of carbonyl (C=O) groups is 2. The zero-order chi connectivity index (χ0) is 19.4. The summed E-state index contributed by atoms with van der Waals surface area (Å²) in [6.07, 6.45) is -1.10. The molecule has 0 aromatic heterocycles. The van der Waals surface area contributed by atoms with Crippen LogP contribution >= 0.6 is 0 Å². The van der Waals surface area contributed by atoms with Gasteiger partial charge in [-0.3, -0.25) is 14.1 Å². The van der Waals surface area contributed by atoms with Gasteiger partial charge in [-0.15, -0.1) is 0 Å². The number of carboxylic acid groups (broad SMARTS) is 1. The standard InChI is InChI=1S/C18H18O7S/c1-18(13-8-4-2-5-9-13,14-10-6-3-7-11-14)25-17(21)15(12-16(19)20)26(22,23)24/h2-11,15H,12H2,1H3,(H,19,20)(H,22,23,24). The Bertz CT molecular complexity index is 837. The van der Waals surface area contributed by atoms with Gasteiger partial charge < -0.3 is 9.84 Å². The second kappa shape index (κ2) is 7.67. The minimum atomic E-state index is -4.95. The fourth-order valence-electron chi connectivity index (χ4n) is 2.53. The highest BCUT2D eigenvalue weighted by molar-refractivity contribution is 7.87. The Balaban J connectivity index is 2.48. The first kappa shape index (κ1) is 19.6. The third kappa shape index (κ3) is 4.47. The van der Waals surface area contributed by atoms with E-state index in [1.54, 1.807) is 67.6 Å². The molecule has 0 radical (unpaired) electrons. The van der Waals surface area contributed by atoms with Crippen molar-refractivity contribution in [3.63, 3.8) is 0 Å². The second-order valence-electron chi connectivity index (χ2n) is 5.79. The molecule has 0 fully saturated rings. The summed E-state index contributed by atoms with van der Waals surface area (Å²) in [5, 5.41) is 6.63. The number of aliphatic carboxylic acids is 1. The van der Waals surface area contributed by atoms with Crippen LogP contribution in [0.5, 0.6) is 0 Å². The Morgan fingerprint density at radius 3 is 1.77 bits per heavy atom. The van der Waals surface area contributed by atoms with Crippen molar-refractivity contribution >= 4 is 22.1 Å². The number of ether oxygens (including phenoxy) is 1. The van der Waals surface area contributed by atoms with Crippen LogP contribution < -0.4 is 0 Å². The highest BCUT2D eigenvalue weighted by Gasteiger charge is 2.41. The number of benzene rings is 2. The lowest BCUT2D eigenvalue weighted by Gasteiger charge is -2.31. The van der Waals surface area contributed by atoms with Crippen LogP contribution in [0, 0.1) is 0 Å². The van der Waals surface area contributed by atoms with E-state index in [1.165, 1.54) is 0 Å². The van der Waals surface area contributed by atoms with E-state index in [9.17, 15) is 22.6 Å². The highest BCUT2D eigenvalue weighted by Crippen LogP contribution is 2.34. The molecule has 0 aliphatic heterocycles. The molecule has 7 nitrogen and oxygen atoms in total. The molecule has 2 rings (SSSR count). The van der Waals surface area contributed by atoms with Crippen molar-refractivity contribution in [3.8, 4) is 0 Å². The van der Waals surface area contributed by atoms with Gasteiger partial charge in [-0.05, 0) is 18.1 Å². The van der Waals surface area contributed by atoms with Gasteiger partial charge in [0, 0.05) is 0 Å². The van der Waals surface area contributed by atoms with Gasteiger partial charge in [-0.1, -0.05) is 60.7 Å². The normalized spacial score (nSPS) is 13.0. The van der Waals surface area contributed by atoms with E-state index >= 15 is 0 Å². The second-order valence-corrected chi connectivity index (χ2v) is 7.39. The Kier molecular flexibility index (Phi) is 5.79. The molecular weight excluding hydrogens is 360 g/mol. The zero-order valence-corrected chi connectivity index (χ0v) is 14.7. The van der Waals surface area contributed by atoms with Crippen molar-refractivity contribution in [2.45, 2.75) is 24.2 Å². The van der Waals surface area contributed by atoms with Crippen LogP contribution in [0.2, 0.25) is 0 Å². The first-order valence-electron chi connectivity index (χ1n) is 7.66. The van der Waals surface area contributed by atoms with Gasteiger partial charge in [0.15, 0.2) is 10.9 Å². The fraction of sp³-hybridized carbons (Fsp3) is 0.222. The minimum absolute atomic E-state index is 0.559. The number of carboxylic acids is 1. The van der Waals surface area contributed by atoms with Crippen LogP contribution in [0.15, 0.2) is 60.7 Å². The van der Waals surface area contributed by atoms with E-state index in [1.807, 2.05) is 0 Å². The summed E-state index contributed by atoms with van der Waals surface area (Å²) < 4.78 is 37.6. The maximum absolute atomic E-state index is 12.5. The molecule has 2 aromatic rings. The van der Waals surface area contributed by atoms with Gasteiger partial charge in [-0.2, -0.15) is 8.42 Å². The highest BCUT2D eigenvalue weighted by atomic mass is 32.2. The third-order valence-electron chi connectivity index (χ3n) is 3.94. The van der Waals surface area contributed by atoms with E-state index in [2.05, 4.69) is 0 Å². The molecule has 0 amide bonds. The summed E-state index contributed by atoms with van der Waals surface area (Å²) in [7, 11) is -4.95. The van der Waals surface area contributed by atoms with Crippen LogP contribution in [0.4, 0.5) is 0 Å². The summed E-state index contributed by atoms with van der Waals surface area (Å²) in [4.78, 5) is 23.3. The molecule has 0 aliphatic rings. The maximum Gasteiger partial charge on any atom is 0.328 e. The van der Waals surface area contributed by atoms with Crippen LogP contribution in [-0.4, -0.2) is 35.3 Å². The van der Waals surface area contributed by atoms with E-state index in [0.29, 0.717) is 11.1 Å². The lowest BCUT2D eigenvalue weighted by Crippen LogP contribution is -2.40. The topological polar surface area (TPSA) is 118 Å². The number of hydrogen-bond donors (Lipinski definition) is 2. The van der Waals surface area contributed by atoms with Crippen molar-refractivity contribution in [3.05, 3.63) is 71.8 Å². The van der Waals surface area contributed by atoms with Crippen LogP contribution in [0.1, 0.15) is 24.5 Å². The van der Waals surface area contributed by atoms with Crippen molar-refractivity contribution in [1.29, 1.82) is 0 Å². The number of rotatable bonds is 7. The fourth-order valence-corrected chi connectivity index (χ4v) is 3.18. The van der Waals surface area contributed by atoms with Crippen LogP contribution in [0.25, 0.3) is 0 Å². The molecule has 138 valence electrons. The SMILES string of the molecule is CC(OC(=O)C(CC(=O)O)S(=O)(=O)O)(c1ccccc1)c1ccccc1. The Hall–Kier alpha value is -2.71. The van der Waals surface area contributed by atoms with Gasteiger partial charge in [0.1, 0.15) is 0 Å². The summed E-state index contributed by atoms with van der Waals surface area (Å²) in [6.45, 7) is 1.57. The number of esters is 1. The average Bonchev–Trinajstić information content (AvgIpc) is 2.60. The number of hydrogen-bond acceptors (Lipinski definition) is 5. The smallest absolute Gasteiger partial charge is 0.328 e. The average molecular weight is 378 g/mol. The Morgan fingerprint density at radius 1 is 1.00 bits per heavy atom. The third-order valence-corrected chi connectivity index (χ3v) is 5.01. The maximum atomic E-state index is 12.5. The van der Waals surface area contributed by atoms with Crippen LogP contribution in [-0.2, 0) is 30.0 Å². The molecule has 26 heavy (non-hydrogen) atoms. The van der Waals surface area contributed by atoms with Gasteiger partial charge >= 0.3 is 11.9 Å². The largest absolute Gasteiger partial charge is 0.481 e. The van der Waals surface area contributed by atoms with E-state index in [4.69, 9.17) is 9.84 Å². The molecule has 0 saturated heterocycles. The monoisotopic (exact) mass is 378 g/mol. The minimum Gasteiger partial charge on any atom is -0.481 e. The lowest BCUT2D eigenvalue weighted by molar-refractivity contribution is -0.157. The summed E-state index contributed by atoms with van der Waals surface area (Å²) in [6, 6.07) is 17.2. The zero-order valence-electron chi connectivity index (χ0n) is 13.9. The van der Waals surface area contributed by atoms with E-state index in [-0.39, 0.29) is 0 Å². The predicted molar refractivity (Wildman–Crippen MR) is 93.0 cm³/mol. The lowest BCUT2D eigenvalue weighted by atomic mass is 9.88. The quantitative estimate of drug-likeness (QED) is 0.560. The molecule has 0 heterocycles. The number of carbonyl (C=O) groups excluding carboxylic acids is 1. The van der Waals surface area contributed by atoms with E-state index < -0.39 is 39.3 Å². The predicted octanol–water partition coefficient (Wildman–Crippen LogP) is 2.22. The van der Waals surface area contributed by atoms with Crippen molar-refractivity contribution < 1.29 is 32.4 Å². The Morgan fingerprint density at radius 2 is 1.42 bits per heavy atom. The van der Waals surface area contributed by atoms with E-state index in [0.717, 1.165) is 0 Å². The Labute approximate surface area is 151 Å². The van der Waals surface area contributed by atoms with Gasteiger partial charge in [0.05, 0.1) is 6.42 Å². The van der Waals surface area contributed by atoms with Gasteiger partial charge in [-0.25, -0.2) is 0 Å². The summed E-state index contributed by atoms with van der Waals surface area (Å²) in [5.41, 5.74) is -0.256. The molecule has 0 aliphatic carbocycles. The van der Waals surface area contributed by atoms with Gasteiger partial charge in [0.25, 0.3) is 10.1 Å².